The summed E-state index contributed by atoms with van der Waals surface area (Å²) in [5.41, 5.74) is 0. The Labute approximate surface area is 81.6 Å². The van der Waals surface area contributed by atoms with Crippen LogP contribution in [-0.4, -0.2) is 11.2 Å². The van der Waals surface area contributed by atoms with Crippen molar-refractivity contribution in [2.45, 2.75) is 64.4 Å². The maximum Gasteiger partial charge on any atom is 0.0670 e. The summed E-state index contributed by atoms with van der Waals surface area (Å²) < 4.78 is 0. The molecule has 76 valence electrons. The molecule has 2 heteroatoms. The standard InChI is InChI=1S/C11H21NO/c1-2-3-4-5-6-7-8-11(13)9-10-12/h11,13H,2-9H2,1H3/t11-/m1/s1. The van der Waals surface area contributed by atoms with Crippen LogP contribution in [0.1, 0.15) is 58.3 Å². The van der Waals surface area contributed by atoms with E-state index in [9.17, 15) is 5.11 Å². The number of nitrogens with zero attached hydrogens (tertiary/aromatic N) is 1. The SMILES string of the molecule is CCCCCCCC[C@@H](O)CC#N. The Hall–Kier alpha value is -0.550. The predicted molar refractivity (Wildman–Crippen MR) is 54.2 cm³/mol. The van der Waals surface area contributed by atoms with E-state index in [-0.39, 0.29) is 6.42 Å². The summed E-state index contributed by atoms with van der Waals surface area (Å²) in [7, 11) is 0. The van der Waals surface area contributed by atoms with E-state index in [2.05, 4.69) is 6.92 Å². The molecule has 0 rings (SSSR count). The molecular formula is C11H21NO. The second kappa shape index (κ2) is 9.54. The van der Waals surface area contributed by atoms with Gasteiger partial charge in [-0.1, -0.05) is 45.4 Å². The molecule has 1 atom stereocenters. The van der Waals surface area contributed by atoms with Gasteiger partial charge in [0.05, 0.1) is 18.6 Å². The molecule has 0 aromatic carbocycles. The van der Waals surface area contributed by atoms with Gasteiger partial charge in [0.1, 0.15) is 0 Å². The highest BCUT2D eigenvalue weighted by atomic mass is 16.3. The number of hydrogen-bond donors (Lipinski definition) is 1. The van der Waals surface area contributed by atoms with E-state index in [4.69, 9.17) is 5.26 Å². The molecule has 0 saturated carbocycles. The van der Waals surface area contributed by atoms with Crippen LogP contribution in [0.15, 0.2) is 0 Å². The zero-order chi connectivity index (χ0) is 9.94. The fourth-order valence-electron chi connectivity index (χ4n) is 1.37. The lowest BCUT2D eigenvalue weighted by Gasteiger charge is -2.05. The summed E-state index contributed by atoms with van der Waals surface area (Å²) in [6.07, 6.45) is 8.12. The van der Waals surface area contributed by atoms with Crippen LogP contribution in [-0.2, 0) is 0 Å². The lowest BCUT2D eigenvalue weighted by Crippen LogP contribution is -2.04. The highest BCUT2D eigenvalue weighted by molar-refractivity contribution is 4.74. The minimum absolute atomic E-state index is 0.287. The zero-order valence-electron chi connectivity index (χ0n) is 8.63. The van der Waals surface area contributed by atoms with Crippen molar-refractivity contribution < 1.29 is 5.11 Å². The molecule has 2 nitrogen and oxygen atoms in total. The molecule has 0 radical (unpaired) electrons. The molecule has 13 heavy (non-hydrogen) atoms. The van der Waals surface area contributed by atoms with E-state index in [0.29, 0.717) is 0 Å². The monoisotopic (exact) mass is 183 g/mol. The molecule has 0 bridgehead atoms. The summed E-state index contributed by atoms with van der Waals surface area (Å²) in [6.45, 7) is 2.21. The summed E-state index contributed by atoms with van der Waals surface area (Å²) in [5, 5.41) is 17.5. The first kappa shape index (κ1) is 12.4. The van der Waals surface area contributed by atoms with E-state index < -0.39 is 6.10 Å². The Morgan fingerprint density at radius 3 is 2.38 bits per heavy atom. The van der Waals surface area contributed by atoms with Crippen molar-refractivity contribution in [3.63, 3.8) is 0 Å². The molecule has 0 unspecified atom stereocenters. The lowest BCUT2D eigenvalue weighted by atomic mass is 10.1. The van der Waals surface area contributed by atoms with Gasteiger partial charge in [0.15, 0.2) is 0 Å². The largest absolute Gasteiger partial charge is 0.392 e. The van der Waals surface area contributed by atoms with Crippen molar-refractivity contribution in [2.75, 3.05) is 0 Å². The Morgan fingerprint density at radius 2 is 1.77 bits per heavy atom. The summed E-state index contributed by atoms with van der Waals surface area (Å²) >= 11 is 0. The highest BCUT2D eigenvalue weighted by Crippen LogP contribution is 2.09. The van der Waals surface area contributed by atoms with E-state index in [0.717, 1.165) is 12.8 Å². The molecule has 0 aliphatic heterocycles. The Kier molecular flexibility index (Phi) is 9.13. The number of aliphatic hydroxyl groups excluding tert-OH is 1. The van der Waals surface area contributed by atoms with Gasteiger partial charge in [-0.25, -0.2) is 0 Å². The number of nitriles is 1. The van der Waals surface area contributed by atoms with Crippen molar-refractivity contribution in [3.8, 4) is 6.07 Å². The highest BCUT2D eigenvalue weighted by Gasteiger charge is 2.01. The van der Waals surface area contributed by atoms with Crippen LogP contribution < -0.4 is 0 Å². The van der Waals surface area contributed by atoms with Crippen LogP contribution in [0.5, 0.6) is 0 Å². The molecule has 0 aromatic rings. The lowest BCUT2D eigenvalue weighted by molar-refractivity contribution is 0.165. The Bertz CT molecular complexity index is 140. The molecule has 0 fully saturated rings. The van der Waals surface area contributed by atoms with Crippen molar-refractivity contribution in [2.24, 2.45) is 0 Å². The maximum absolute atomic E-state index is 9.23. The Morgan fingerprint density at radius 1 is 1.15 bits per heavy atom. The topological polar surface area (TPSA) is 44.0 Å². The fraction of sp³-hybridized carbons (Fsp3) is 0.909. The first-order valence-electron chi connectivity index (χ1n) is 5.36. The van der Waals surface area contributed by atoms with Crippen LogP contribution in [0.3, 0.4) is 0 Å². The minimum atomic E-state index is -0.392. The summed E-state index contributed by atoms with van der Waals surface area (Å²) in [6, 6.07) is 1.98. The van der Waals surface area contributed by atoms with Gasteiger partial charge in [0.25, 0.3) is 0 Å². The molecule has 0 amide bonds. The average molecular weight is 183 g/mol. The van der Waals surface area contributed by atoms with Crippen molar-refractivity contribution in [3.05, 3.63) is 0 Å². The first-order valence-corrected chi connectivity index (χ1v) is 5.36. The number of unbranched alkanes of at least 4 members (excludes halogenated alkanes) is 5. The second-order valence-electron chi connectivity index (χ2n) is 3.57. The fourth-order valence-corrected chi connectivity index (χ4v) is 1.37. The molecular weight excluding hydrogens is 162 g/mol. The first-order chi connectivity index (χ1) is 6.31. The van der Waals surface area contributed by atoms with Crippen molar-refractivity contribution >= 4 is 0 Å². The normalized spacial score (nSPS) is 12.4. The smallest absolute Gasteiger partial charge is 0.0670 e. The van der Waals surface area contributed by atoms with Gasteiger partial charge in [-0.3, -0.25) is 0 Å². The molecule has 0 aliphatic carbocycles. The van der Waals surface area contributed by atoms with E-state index in [1.54, 1.807) is 0 Å². The number of rotatable bonds is 8. The molecule has 0 saturated heterocycles. The van der Waals surface area contributed by atoms with Gasteiger partial charge < -0.3 is 5.11 Å². The quantitative estimate of drug-likeness (QED) is 0.588. The van der Waals surface area contributed by atoms with Gasteiger partial charge in [0.2, 0.25) is 0 Å². The Balaban J connectivity index is 3.03. The summed E-state index contributed by atoms with van der Waals surface area (Å²) in [5.74, 6) is 0. The molecule has 0 aromatic heterocycles. The second-order valence-corrected chi connectivity index (χ2v) is 3.57. The maximum atomic E-state index is 9.23. The van der Waals surface area contributed by atoms with Crippen molar-refractivity contribution in [1.29, 1.82) is 5.26 Å². The molecule has 0 spiro atoms. The van der Waals surface area contributed by atoms with E-state index in [1.807, 2.05) is 6.07 Å². The van der Waals surface area contributed by atoms with Crippen LogP contribution in [0, 0.1) is 11.3 Å². The van der Waals surface area contributed by atoms with Gasteiger partial charge in [-0.05, 0) is 6.42 Å². The molecule has 0 aliphatic rings. The van der Waals surface area contributed by atoms with Crippen LogP contribution >= 0.6 is 0 Å². The molecule has 1 N–H and O–H groups in total. The summed E-state index contributed by atoms with van der Waals surface area (Å²) in [4.78, 5) is 0. The van der Waals surface area contributed by atoms with Gasteiger partial charge >= 0.3 is 0 Å². The van der Waals surface area contributed by atoms with Crippen LogP contribution in [0.25, 0.3) is 0 Å². The zero-order valence-corrected chi connectivity index (χ0v) is 8.63. The minimum Gasteiger partial charge on any atom is -0.392 e. The van der Waals surface area contributed by atoms with Gasteiger partial charge in [0, 0.05) is 0 Å². The number of hydrogen-bond acceptors (Lipinski definition) is 2. The van der Waals surface area contributed by atoms with Crippen molar-refractivity contribution in [1.82, 2.24) is 0 Å². The van der Waals surface area contributed by atoms with Gasteiger partial charge in [-0.15, -0.1) is 0 Å². The number of aliphatic hydroxyl groups is 1. The van der Waals surface area contributed by atoms with Crippen LogP contribution in [0.4, 0.5) is 0 Å². The molecule has 0 heterocycles. The third-order valence-corrected chi connectivity index (χ3v) is 2.22. The van der Waals surface area contributed by atoms with E-state index >= 15 is 0 Å². The third-order valence-electron chi connectivity index (χ3n) is 2.22. The predicted octanol–water partition coefficient (Wildman–Crippen LogP) is 3.01. The van der Waals surface area contributed by atoms with Gasteiger partial charge in [-0.2, -0.15) is 5.26 Å². The third kappa shape index (κ3) is 9.36. The van der Waals surface area contributed by atoms with Crippen LogP contribution in [0.2, 0.25) is 0 Å². The average Bonchev–Trinajstić information content (AvgIpc) is 2.11. The van der Waals surface area contributed by atoms with E-state index in [1.165, 1.54) is 32.1 Å².